The summed E-state index contributed by atoms with van der Waals surface area (Å²) in [5, 5.41) is 0.182. The maximum Gasteiger partial charge on any atom is 2.00 e. The normalized spacial score (nSPS) is 12.2. The van der Waals surface area contributed by atoms with E-state index in [2.05, 4.69) is 6.58 Å². The van der Waals surface area contributed by atoms with E-state index >= 15 is 0 Å². The molecule has 0 bridgehead atoms. The van der Waals surface area contributed by atoms with Crippen LogP contribution in [0.2, 0.25) is 0 Å². The number of hydrogen-bond acceptors (Lipinski definition) is 3. The van der Waals surface area contributed by atoms with Crippen LogP contribution in [0.1, 0.15) is 41.5 Å². The van der Waals surface area contributed by atoms with Gasteiger partial charge in [0.15, 0.2) is 0 Å². The maximum atomic E-state index is 12.2. The first-order valence-electron chi connectivity index (χ1n) is 5.32. The van der Waals surface area contributed by atoms with Gasteiger partial charge in [0.2, 0.25) is 0 Å². The van der Waals surface area contributed by atoms with Gasteiger partial charge in [0.25, 0.3) is 5.91 Å². The van der Waals surface area contributed by atoms with E-state index in [-0.39, 0.29) is 26.3 Å². The zero-order valence-electron chi connectivity index (χ0n) is 11.8. The van der Waals surface area contributed by atoms with Gasteiger partial charge in [0.1, 0.15) is 10.0 Å². The molecule has 6 heteroatoms. The molecular formula is C12H21NO3SW. The summed E-state index contributed by atoms with van der Waals surface area (Å²) in [6.45, 7) is 13.3. The molecule has 0 atom stereocenters. The Morgan fingerprint density at radius 2 is 1.61 bits per heavy atom. The van der Waals surface area contributed by atoms with E-state index in [1.807, 2.05) is 0 Å². The first-order chi connectivity index (χ1) is 7.49. The van der Waals surface area contributed by atoms with Gasteiger partial charge in [-0.15, -0.1) is 0 Å². The van der Waals surface area contributed by atoms with Crippen LogP contribution in [-0.2, 0) is 35.9 Å². The molecule has 18 heavy (non-hydrogen) atoms. The average Bonchev–Trinajstić information content (AvgIpc) is 2.16. The summed E-state index contributed by atoms with van der Waals surface area (Å²) in [5.74, 6) is 0.218. The fourth-order valence-corrected chi connectivity index (χ4v) is 2.62. The predicted octanol–water partition coefficient (Wildman–Crippen LogP) is 2.29. The van der Waals surface area contributed by atoms with Crippen LogP contribution in [0.25, 0.3) is 0 Å². The number of amides is 1. The van der Waals surface area contributed by atoms with E-state index in [4.69, 9.17) is 0 Å². The van der Waals surface area contributed by atoms with Crippen molar-refractivity contribution in [3.05, 3.63) is 23.8 Å². The largest absolute Gasteiger partial charge is 2.00 e. The predicted molar refractivity (Wildman–Crippen MR) is 69.2 cm³/mol. The fourth-order valence-electron chi connectivity index (χ4n) is 1.16. The fraction of sp³-hybridized carbons (Fsp3) is 0.583. The van der Waals surface area contributed by atoms with Crippen molar-refractivity contribution in [3.63, 3.8) is 0 Å². The van der Waals surface area contributed by atoms with Gasteiger partial charge in [0, 0.05) is 0 Å². The van der Waals surface area contributed by atoms with Crippen LogP contribution in [0.15, 0.2) is 12.7 Å². The molecule has 4 nitrogen and oxygen atoms in total. The van der Waals surface area contributed by atoms with Gasteiger partial charge in [-0.1, -0.05) is 26.0 Å². The van der Waals surface area contributed by atoms with Crippen molar-refractivity contribution in [1.82, 2.24) is 4.31 Å². The van der Waals surface area contributed by atoms with Crippen LogP contribution in [0.3, 0.4) is 0 Å². The summed E-state index contributed by atoms with van der Waals surface area (Å²) in [6, 6.07) is 0. The number of carbonyl (C=O) groups is 1. The second-order valence-corrected chi connectivity index (χ2v) is 6.91. The van der Waals surface area contributed by atoms with E-state index in [9.17, 15) is 13.2 Å². The van der Waals surface area contributed by atoms with Crippen LogP contribution in [-0.4, -0.2) is 24.2 Å². The molecule has 0 saturated heterocycles. The minimum Gasteiger partial charge on any atom is -0.294 e. The summed E-state index contributed by atoms with van der Waals surface area (Å²) in [4.78, 5) is 11.8. The first-order valence-corrected chi connectivity index (χ1v) is 6.76. The molecule has 0 aromatic rings. The second kappa shape index (κ2) is 6.85. The average molecular weight is 443 g/mol. The minimum atomic E-state index is -3.74. The first kappa shape index (κ1) is 20.2. The number of carbonyl (C=O) groups excluding carboxylic acids is 1. The molecule has 104 valence electrons. The van der Waals surface area contributed by atoms with Gasteiger partial charge in [-0.2, -0.15) is 32.9 Å². The topological polar surface area (TPSA) is 54.5 Å². The molecule has 0 spiro atoms. The zero-order chi connectivity index (χ0) is 14.0. The van der Waals surface area contributed by atoms with E-state index in [0.717, 1.165) is 16.3 Å². The van der Waals surface area contributed by atoms with Crippen LogP contribution in [0.5, 0.6) is 0 Å². The molecule has 0 aliphatic heterocycles. The number of sulfonamides is 1. The van der Waals surface area contributed by atoms with Gasteiger partial charge >= 0.3 is 21.1 Å². The van der Waals surface area contributed by atoms with Gasteiger partial charge < -0.3 is 0 Å². The molecule has 1 amide bonds. The number of hydrogen-bond donors (Lipinski definition) is 0. The van der Waals surface area contributed by atoms with Crippen molar-refractivity contribution in [2.45, 2.75) is 47.1 Å². The molecule has 0 saturated carbocycles. The van der Waals surface area contributed by atoms with Gasteiger partial charge in [0.05, 0.1) is 0 Å². The van der Waals surface area contributed by atoms with E-state index in [1.165, 1.54) is 13.8 Å². The molecule has 0 fully saturated rings. The molecule has 0 aromatic heterocycles. The SMILES string of the molecule is C=CC(=O)N(C(C)(C)[C-](C)C)S(=O)(=O)[C-](C)C.[W+2]. The molecule has 0 unspecified atom stereocenters. The molecule has 0 heterocycles. The van der Waals surface area contributed by atoms with Crippen molar-refractivity contribution in [2.75, 3.05) is 0 Å². The summed E-state index contributed by atoms with van der Waals surface area (Å²) < 4.78 is 25.3. The molecule has 0 aliphatic carbocycles. The Kier molecular flexibility index (Phi) is 7.68. The summed E-state index contributed by atoms with van der Waals surface area (Å²) in [5.41, 5.74) is -0.874. The Morgan fingerprint density at radius 1 is 1.22 bits per heavy atom. The van der Waals surface area contributed by atoms with Crippen LogP contribution < -0.4 is 0 Å². The maximum absolute atomic E-state index is 12.2. The van der Waals surface area contributed by atoms with Gasteiger partial charge in [-0.25, -0.2) is 8.42 Å². The van der Waals surface area contributed by atoms with Crippen molar-refractivity contribution < 1.29 is 34.3 Å². The number of nitrogens with zero attached hydrogens (tertiary/aromatic N) is 1. The third-order valence-electron chi connectivity index (χ3n) is 2.86. The molecule has 0 rings (SSSR count). The zero-order valence-corrected chi connectivity index (χ0v) is 15.5. The summed E-state index contributed by atoms with van der Waals surface area (Å²) in [7, 11) is -3.74. The molecule has 0 radical (unpaired) electrons. The Hall–Kier alpha value is -0.152. The van der Waals surface area contributed by atoms with Crippen LogP contribution >= 0.6 is 0 Å². The smallest absolute Gasteiger partial charge is 0.294 e. The van der Waals surface area contributed by atoms with Gasteiger partial charge in [-0.3, -0.25) is 15.0 Å². The van der Waals surface area contributed by atoms with Crippen molar-refractivity contribution in [3.8, 4) is 0 Å². The number of rotatable bonds is 5. The van der Waals surface area contributed by atoms with Crippen molar-refractivity contribution in [1.29, 1.82) is 0 Å². The van der Waals surface area contributed by atoms with E-state index < -0.39 is 21.5 Å². The van der Waals surface area contributed by atoms with Crippen molar-refractivity contribution in [2.24, 2.45) is 0 Å². The summed E-state index contributed by atoms with van der Waals surface area (Å²) >= 11 is 0. The van der Waals surface area contributed by atoms with Crippen LogP contribution in [0.4, 0.5) is 0 Å². The van der Waals surface area contributed by atoms with E-state index in [0.29, 0.717) is 0 Å². The Balaban J connectivity index is 0. The van der Waals surface area contributed by atoms with Gasteiger partial charge in [-0.05, 0) is 6.08 Å². The monoisotopic (exact) mass is 443 g/mol. The third-order valence-corrected chi connectivity index (χ3v) is 5.01. The second-order valence-electron chi connectivity index (χ2n) is 4.78. The molecule has 0 aliphatic rings. The molecule has 0 N–H and O–H groups in total. The Labute approximate surface area is 125 Å². The Bertz CT molecular complexity index is 400. The van der Waals surface area contributed by atoms with E-state index in [1.54, 1.807) is 27.7 Å². The molecular weight excluding hydrogens is 422 g/mol. The summed E-state index contributed by atoms with van der Waals surface area (Å²) in [6.07, 6.45) is 1.02. The minimum absolute atomic E-state index is 0. The van der Waals surface area contributed by atoms with Crippen LogP contribution in [0, 0.1) is 11.2 Å². The molecule has 0 aromatic carbocycles. The standard InChI is InChI=1S/C12H21NO3S.W/c1-8-11(14)13(12(6,7)9(2)3)17(15,16)10(4)5;/h8H,1H2,2-7H3;/q-2;+2. The Morgan fingerprint density at radius 3 is 1.83 bits per heavy atom. The quantitative estimate of drug-likeness (QED) is 0.484. The van der Waals surface area contributed by atoms with Crippen molar-refractivity contribution >= 4 is 15.9 Å². The third kappa shape index (κ3) is 3.92.